The van der Waals surface area contributed by atoms with Gasteiger partial charge in [0.15, 0.2) is 5.58 Å². The number of alkyl halides is 1. The summed E-state index contributed by atoms with van der Waals surface area (Å²) in [6, 6.07) is 141. The maximum atomic E-state index is 10.6. The van der Waals surface area contributed by atoms with Crippen LogP contribution in [0.4, 0.5) is 21.5 Å². The standard InChI is InChI=1S/C51H38N2.C34H20N2OS.C24H16N2.CH3BFP.Bi.2H/c1-51(2)47-19-11-9-17-43(47)44-31-30-42(34-48(44)51)52(40-26-21-36(22-27-40)35-13-5-3-6-14-35)41-28-23-37(24-29-41)38-25-32-50-46(33-38)45-18-10-12-20-49(45)53(50)39-15-7-4-8-16-39;1-3-16-29-28(13-1)32-33(37-29)31(35-20-36-32)24-11-6-9-22(19-24)21-8-5-10-23(18-21)25-14-7-15-27-26-12-2-4-17-30(26)38-34(25)27;1-3-7-17(8-4-1)19-13-15-25-23-21(19)11-12-22-20(14-16-26-24(22)23)18-9-5-2-6-10-18;2-4-1-3;;;/h3-34H,1-2H3;1-20H;1-16H;4H,1H2;;;. The Balaban J connectivity index is 0.000000124. The third kappa shape index (κ3) is 14.8. The van der Waals surface area contributed by atoms with Gasteiger partial charge in [0.2, 0.25) is 0 Å². The van der Waals surface area contributed by atoms with Crippen molar-refractivity contribution in [1.82, 2.24) is 24.5 Å². The van der Waals surface area contributed by atoms with Gasteiger partial charge in [-0.3, -0.25) is 9.97 Å². The van der Waals surface area contributed by atoms with Crippen molar-refractivity contribution in [3.05, 3.63) is 424 Å². The maximum Gasteiger partial charge on any atom is 0.180 e. The van der Waals surface area contributed by atoms with E-state index in [-0.39, 0.29) is 46.5 Å². The Morgan fingerprint density at radius 3 is 1.49 bits per heavy atom. The molecule has 1 aliphatic rings. The number of anilines is 3. The number of nitrogens with zero attached hydrogens (tertiary/aromatic N) is 6. The second-order valence-corrected chi connectivity index (χ2v) is 32.4. The molecule has 7 nitrogen and oxygen atoms in total. The largest absolute Gasteiger partial charge is 0.452 e. The minimum Gasteiger partial charge on any atom is -0.452 e. The fourth-order valence-electron chi connectivity index (χ4n) is 17.5. The first-order chi connectivity index (χ1) is 59.7. The fourth-order valence-corrected chi connectivity index (χ4v) is 18.7. The van der Waals surface area contributed by atoms with E-state index >= 15 is 0 Å². The second-order valence-electron chi connectivity index (χ2n) is 30.7. The summed E-state index contributed by atoms with van der Waals surface area (Å²) in [7, 11) is 4.65. The van der Waals surface area contributed by atoms with E-state index in [4.69, 9.17) is 4.42 Å². The zero-order valence-electron chi connectivity index (χ0n) is 67.0. The van der Waals surface area contributed by atoms with E-state index in [1.54, 1.807) is 6.33 Å². The number of fused-ring (bicyclic) bond motifs is 15. The Hall–Kier alpha value is -13.7. The molecule has 1 unspecified atom stereocenters. The number of pyridine rings is 2. The van der Waals surface area contributed by atoms with Gasteiger partial charge in [0.25, 0.3) is 0 Å². The van der Waals surface area contributed by atoms with Gasteiger partial charge in [0.1, 0.15) is 30.7 Å². The number of hydrogen-bond donors (Lipinski definition) is 0. The predicted octanol–water partition coefficient (Wildman–Crippen LogP) is 29.5. The first-order valence-corrected chi connectivity index (χ1v) is 42.7. The summed E-state index contributed by atoms with van der Waals surface area (Å²) in [5.41, 5.74) is 32.8. The number of thiophene rings is 1. The van der Waals surface area contributed by atoms with Crippen LogP contribution in [0.1, 0.15) is 25.0 Å². The molecule has 0 N–H and O–H groups in total. The molecule has 581 valence electrons. The summed E-state index contributed by atoms with van der Waals surface area (Å²) >= 11 is 1.86. The molecule has 12 heteroatoms. The van der Waals surface area contributed by atoms with Gasteiger partial charge in [0, 0.05) is 93.2 Å². The minimum absolute atomic E-state index is 0. The number of rotatable bonds is 12. The van der Waals surface area contributed by atoms with E-state index in [2.05, 4.69) is 409 Å². The van der Waals surface area contributed by atoms with Crippen LogP contribution < -0.4 is 4.90 Å². The van der Waals surface area contributed by atoms with Crippen LogP contribution in [0.5, 0.6) is 0 Å². The molecular formula is C110H79BBiFN6OPS. The van der Waals surface area contributed by atoms with Crippen molar-refractivity contribution in [2.75, 3.05) is 11.3 Å². The van der Waals surface area contributed by atoms with Crippen LogP contribution in [-0.2, 0) is 5.41 Å². The second kappa shape index (κ2) is 34.2. The number of halogens is 1. The number of hydrogen-bond acceptors (Lipinski definition) is 7. The van der Waals surface area contributed by atoms with E-state index in [1.165, 1.54) is 126 Å². The Morgan fingerprint density at radius 2 is 0.828 bits per heavy atom. The van der Waals surface area contributed by atoms with Gasteiger partial charge in [-0.1, -0.05) is 299 Å². The van der Waals surface area contributed by atoms with Crippen molar-refractivity contribution in [3.63, 3.8) is 0 Å². The molecule has 0 amide bonds. The van der Waals surface area contributed by atoms with Crippen LogP contribution in [0.3, 0.4) is 0 Å². The normalized spacial score (nSPS) is 11.9. The molecule has 1 aliphatic carbocycles. The molecule has 6 aromatic heterocycles. The predicted molar refractivity (Wildman–Crippen MR) is 519 cm³/mol. The maximum absolute atomic E-state index is 10.6. The molecule has 16 aromatic carbocycles. The van der Waals surface area contributed by atoms with Crippen molar-refractivity contribution in [1.29, 1.82) is 0 Å². The van der Waals surface area contributed by atoms with Gasteiger partial charge in [-0.2, -0.15) is 0 Å². The summed E-state index contributed by atoms with van der Waals surface area (Å²) in [6.07, 6.45) is 5.00. The summed E-state index contributed by atoms with van der Waals surface area (Å²) < 4.78 is 21.8. The molecule has 0 saturated heterocycles. The van der Waals surface area contributed by atoms with Gasteiger partial charge in [-0.25, -0.2) is 14.4 Å². The zero-order chi connectivity index (χ0) is 81.3. The molecule has 3 radical (unpaired) electrons. The van der Waals surface area contributed by atoms with Gasteiger partial charge >= 0.3 is 26.2 Å². The SMILES string of the molecule is CC1(C)c2ccccc2-c2ccc(N(c3ccc(-c4ccccc4)cc3)c3ccc(-c4ccc5c(c4)c4ccccc4n5-c4ccccc4)cc3)cc21.[B]PCF.[BiH2].c1cc(-c2cccc(-c3cccc4c3sc3ccccc34)c2)cc(-c2ncnc3c2oc2ccccc23)c1.c1ccc(-c2ccnc3c2ccc2c(-c4ccccc4)ccnc23)cc1. The molecule has 1 atom stereocenters. The molecule has 0 bridgehead atoms. The van der Waals surface area contributed by atoms with E-state index < -0.39 is 0 Å². The molecule has 6 heterocycles. The molecule has 0 saturated carbocycles. The van der Waals surface area contributed by atoms with Crippen LogP contribution in [0.2, 0.25) is 0 Å². The third-order valence-electron chi connectivity index (χ3n) is 23.3. The molecule has 22 aromatic rings. The van der Waals surface area contributed by atoms with E-state index in [0.717, 1.165) is 83.3 Å². The first kappa shape index (κ1) is 78.2. The average molecular weight is 1800 g/mol. The molecule has 0 fully saturated rings. The van der Waals surface area contributed by atoms with Crippen molar-refractivity contribution in [2.24, 2.45) is 0 Å². The van der Waals surface area contributed by atoms with Crippen molar-refractivity contribution in [3.8, 4) is 94.8 Å². The Bertz CT molecular complexity index is 7340. The smallest absolute Gasteiger partial charge is 0.180 e. The van der Waals surface area contributed by atoms with Crippen LogP contribution in [0, 0.1) is 0 Å². The molecule has 23 rings (SSSR count). The third-order valence-corrected chi connectivity index (χ3v) is 24.7. The summed E-state index contributed by atoms with van der Waals surface area (Å²) in [5.74, 6) is 0. The quantitative estimate of drug-likeness (QED) is 0.0689. The average Bonchev–Trinajstić information content (AvgIpc) is 1.62. The van der Waals surface area contributed by atoms with Gasteiger partial charge in [0.05, 0.1) is 28.5 Å². The summed E-state index contributed by atoms with van der Waals surface area (Å²) in [6.45, 7) is 4.70. The van der Waals surface area contributed by atoms with Crippen LogP contribution in [0.25, 0.3) is 181 Å². The van der Waals surface area contributed by atoms with Gasteiger partial charge < -0.3 is 13.9 Å². The van der Waals surface area contributed by atoms with E-state index in [9.17, 15) is 4.39 Å². The molecular weight excluding hydrogens is 1720 g/mol. The monoisotopic (exact) mass is 1800 g/mol. The molecule has 122 heavy (non-hydrogen) atoms. The zero-order valence-corrected chi connectivity index (χ0v) is 73.3. The number of benzene rings is 16. The number of furan rings is 1. The van der Waals surface area contributed by atoms with Crippen LogP contribution in [0.15, 0.2) is 417 Å². The topological polar surface area (TPSA) is 72.9 Å². The van der Waals surface area contributed by atoms with Gasteiger partial charge in [-0.05, 0) is 198 Å². The Morgan fingerprint density at radius 1 is 0.352 bits per heavy atom. The van der Waals surface area contributed by atoms with Crippen molar-refractivity contribution in [2.45, 2.75) is 19.3 Å². The van der Waals surface area contributed by atoms with E-state index in [0.29, 0.717) is 0 Å². The molecule has 0 aliphatic heterocycles. The van der Waals surface area contributed by atoms with Crippen molar-refractivity contribution < 1.29 is 8.81 Å². The summed E-state index contributed by atoms with van der Waals surface area (Å²) in [5, 5.41) is 8.41. The Kier molecular flexibility index (Phi) is 21.9. The van der Waals surface area contributed by atoms with Crippen LogP contribution in [-0.4, -0.2) is 64.7 Å². The first-order valence-electron chi connectivity index (χ1n) is 40.6. The Labute approximate surface area is 733 Å². The fraction of sp³-hybridized carbons (Fsp3) is 0.0364. The van der Waals surface area contributed by atoms with E-state index in [1.807, 2.05) is 60.1 Å². The van der Waals surface area contributed by atoms with Crippen molar-refractivity contribution >= 4 is 156 Å². The minimum atomic E-state index is -0.375. The number of aromatic nitrogens is 5. The van der Waals surface area contributed by atoms with Gasteiger partial charge in [-0.15, -0.1) is 19.8 Å². The summed E-state index contributed by atoms with van der Waals surface area (Å²) in [4.78, 5) is 20.9. The van der Waals surface area contributed by atoms with Crippen LogP contribution >= 0.6 is 19.8 Å². The number of para-hydroxylation sites is 3. The molecule has 0 spiro atoms.